The second kappa shape index (κ2) is 5.42. The first kappa shape index (κ1) is 14.7. The van der Waals surface area contributed by atoms with Crippen molar-refractivity contribution in [2.24, 2.45) is 0 Å². The van der Waals surface area contributed by atoms with Gasteiger partial charge in [0.15, 0.2) is 0 Å². The molecule has 5 rings (SSSR count). The molecule has 1 N–H and O–H groups in total. The summed E-state index contributed by atoms with van der Waals surface area (Å²) in [7, 11) is 0. The van der Waals surface area contributed by atoms with E-state index in [1.165, 1.54) is 0 Å². The summed E-state index contributed by atoms with van der Waals surface area (Å²) < 4.78 is 7.85. The zero-order valence-corrected chi connectivity index (χ0v) is 14.0. The fourth-order valence-corrected chi connectivity index (χ4v) is 4.02. The van der Waals surface area contributed by atoms with E-state index in [9.17, 15) is 4.79 Å². The van der Waals surface area contributed by atoms with E-state index in [0.29, 0.717) is 25.4 Å². The number of nitrogens with one attached hydrogen (secondary N) is 1. The van der Waals surface area contributed by atoms with Crippen molar-refractivity contribution in [3.05, 3.63) is 47.4 Å². The predicted octanol–water partition coefficient (Wildman–Crippen LogP) is 2.05. The molecule has 1 amide bonds. The number of aromatic nitrogens is 4. The fourth-order valence-electron chi connectivity index (χ4n) is 4.02. The minimum absolute atomic E-state index is 0.0358. The molecule has 4 heterocycles. The molecule has 25 heavy (non-hydrogen) atoms. The Morgan fingerprint density at radius 1 is 1.36 bits per heavy atom. The van der Waals surface area contributed by atoms with Gasteiger partial charge >= 0.3 is 0 Å². The van der Waals surface area contributed by atoms with Gasteiger partial charge in [-0.05, 0) is 25.0 Å². The smallest absolute Gasteiger partial charge is 0.270 e. The second-order valence-electron chi connectivity index (χ2n) is 6.80. The Bertz CT molecular complexity index is 959. The molecule has 0 radical (unpaired) electrons. The highest BCUT2D eigenvalue weighted by Gasteiger charge is 2.38. The van der Waals surface area contributed by atoms with Crippen LogP contribution >= 0.6 is 0 Å². The minimum atomic E-state index is 0.0358. The van der Waals surface area contributed by atoms with Crippen LogP contribution in [-0.2, 0) is 11.3 Å². The van der Waals surface area contributed by atoms with Crippen molar-refractivity contribution < 1.29 is 9.53 Å². The molecule has 2 aliphatic rings. The molecule has 1 saturated heterocycles. The summed E-state index contributed by atoms with van der Waals surface area (Å²) in [5, 5.41) is 9.29. The quantitative estimate of drug-likeness (QED) is 0.737. The molecular formula is C18H19N5O2. The SMILES string of the molecule is Cc1c(C(=O)N2CC[C@@H]3OCc4cnnn4[C@@H]3C2)[nH]c2ccccc12. The Labute approximate surface area is 144 Å². The maximum Gasteiger partial charge on any atom is 0.270 e. The monoisotopic (exact) mass is 337 g/mol. The number of para-hydroxylation sites is 1. The molecule has 0 aliphatic carbocycles. The van der Waals surface area contributed by atoms with Gasteiger partial charge in [-0.1, -0.05) is 23.4 Å². The normalized spacial score (nSPS) is 22.7. The number of carbonyl (C=O) groups excluding carboxylic acids is 1. The second-order valence-corrected chi connectivity index (χ2v) is 6.80. The highest BCUT2D eigenvalue weighted by molar-refractivity contribution is 6.00. The van der Waals surface area contributed by atoms with Crippen LogP contribution in [0.1, 0.15) is 34.2 Å². The summed E-state index contributed by atoms with van der Waals surface area (Å²) in [5.41, 5.74) is 3.65. The number of hydrogen-bond acceptors (Lipinski definition) is 4. The third kappa shape index (κ3) is 2.19. The van der Waals surface area contributed by atoms with Gasteiger partial charge in [0, 0.05) is 24.0 Å². The molecule has 2 atom stereocenters. The maximum absolute atomic E-state index is 13.1. The molecule has 3 aromatic rings. The van der Waals surface area contributed by atoms with Gasteiger partial charge in [0.2, 0.25) is 0 Å². The largest absolute Gasteiger partial charge is 0.370 e. The van der Waals surface area contributed by atoms with Crippen LogP contribution in [-0.4, -0.2) is 50.0 Å². The van der Waals surface area contributed by atoms with Crippen LogP contribution in [0.3, 0.4) is 0 Å². The average Bonchev–Trinajstić information content (AvgIpc) is 3.26. The predicted molar refractivity (Wildman–Crippen MR) is 91.2 cm³/mol. The lowest BCUT2D eigenvalue weighted by Gasteiger charge is -2.40. The number of rotatable bonds is 1. The Morgan fingerprint density at radius 3 is 3.12 bits per heavy atom. The van der Waals surface area contributed by atoms with Crippen molar-refractivity contribution >= 4 is 16.8 Å². The van der Waals surface area contributed by atoms with Crippen molar-refractivity contribution in [3.63, 3.8) is 0 Å². The lowest BCUT2D eigenvalue weighted by molar-refractivity contribution is -0.0605. The topological polar surface area (TPSA) is 76.0 Å². The summed E-state index contributed by atoms with van der Waals surface area (Å²) in [6, 6.07) is 8.05. The molecule has 1 fully saturated rings. The van der Waals surface area contributed by atoms with E-state index in [0.717, 1.165) is 28.6 Å². The van der Waals surface area contributed by atoms with E-state index in [4.69, 9.17) is 4.74 Å². The van der Waals surface area contributed by atoms with Crippen molar-refractivity contribution in [1.29, 1.82) is 0 Å². The number of nitrogens with zero attached hydrogens (tertiary/aromatic N) is 4. The molecular weight excluding hydrogens is 318 g/mol. The van der Waals surface area contributed by atoms with Crippen molar-refractivity contribution in [1.82, 2.24) is 24.9 Å². The van der Waals surface area contributed by atoms with E-state index in [1.54, 1.807) is 6.20 Å². The molecule has 0 saturated carbocycles. The number of aryl methyl sites for hydroxylation is 1. The number of carbonyl (C=O) groups is 1. The molecule has 7 heteroatoms. The number of amides is 1. The summed E-state index contributed by atoms with van der Waals surface area (Å²) in [4.78, 5) is 18.3. The molecule has 128 valence electrons. The highest BCUT2D eigenvalue weighted by atomic mass is 16.5. The van der Waals surface area contributed by atoms with Gasteiger partial charge in [-0.2, -0.15) is 0 Å². The summed E-state index contributed by atoms with van der Waals surface area (Å²) in [6.45, 7) is 3.83. The van der Waals surface area contributed by atoms with Crippen LogP contribution < -0.4 is 0 Å². The van der Waals surface area contributed by atoms with Gasteiger partial charge in [-0.25, -0.2) is 4.68 Å². The molecule has 1 aromatic carbocycles. The van der Waals surface area contributed by atoms with Gasteiger partial charge in [-0.15, -0.1) is 5.10 Å². The van der Waals surface area contributed by atoms with Crippen LogP contribution in [0, 0.1) is 6.92 Å². The van der Waals surface area contributed by atoms with Gasteiger partial charge in [0.05, 0.1) is 30.6 Å². The minimum Gasteiger partial charge on any atom is -0.370 e. The lowest BCUT2D eigenvalue weighted by atomic mass is 10.00. The van der Waals surface area contributed by atoms with Crippen molar-refractivity contribution in [2.45, 2.75) is 32.1 Å². The first-order valence-electron chi connectivity index (χ1n) is 8.59. The number of benzene rings is 1. The molecule has 0 unspecified atom stereocenters. The first-order chi connectivity index (χ1) is 12.2. The number of piperidine rings is 1. The van der Waals surface area contributed by atoms with Gasteiger partial charge < -0.3 is 14.6 Å². The Balaban J connectivity index is 1.46. The van der Waals surface area contributed by atoms with E-state index >= 15 is 0 Å². The van der Waals surface area contributed by atoms with Crippen LogP contribution in [0.4, 0.5) is 0 Å². The van der Waals surface area contributed by atoms with Crippen molar-refractivity contribution in [2.75, 3.05) is 13.1 Å². The summed E-state index contributed by atoms with van der Waals surface area (Å²) in [5.74, 6) is 0.0411. The maximum atomic E-state index is 13.1. The number of hydrogen-bond donors (Lipinski definition) is 1. The van der Waals surface area contributed by atoms with Gasteiger partial charge in [0.25, 0.3) is 5.91 Å². The van der Waals surface area contributed by atoms with Gasteiger partial charge in [-0.3, -0.25) is 4.79 Å². The zero-order valence-electron chi connectivity index (χ0n) is 14.0. The molecule has 2 aliphatic heterocycles. The van der Waals surface area contributed by atoms with E-state index in [-0.39, 0.29) is 18.1 Å². The van der Waals surface area contributed by atoms with E-state index in [1.807, 2.05) is 40.8 Å². The standard InChI is InChI=1S/C18H19N5O2/c1-11-13-4-2-3-5-14(13)20-17(11)18(24)22-7-6-16-15(9-22)23-12(10-25-16)8-19-21-23/h2-5,8,15-16,20H,6-7,9-10H2,1H3/t15-,16+/m1/s1. The summed E-state index contributed by atoms with van der Waals surface area (Å²) in [6.07, 6.45) is 2.65. The van der Waals surface area contributed by atoms with Crippen molar-refractivity contribution in [3.8, 4) is 0 Å². The first-order valence-corrected chi connectivity index (χ1v) is 8.59. The van der Waals surface area contributed by atoms with Crippen LogP contribution in [0.5, 0.6) is 0 Å². The van der Waals surface area contributed by atoms with Crippen LogP contribution in [0.2, 0.25) is 0 Å². The number of fused-ring (bicyclic) bond motifs is 4. The molecule has 7 nitrogen and oxygen atoms in total. The summed E-state index contributed by atoms with van der Waals surface area (Å²) >= 11 is 0. The lowest BCUT2D eigenvalue weighted by Crippen LogP contribution is -2.50. The number of aromatic amines is 1. The molecule has 2 aromatic heterocycles. The number of ether oxygens (including phenoxy) is 1. The Hall–Kier alpha value is -2.67. The molecule has 0 spiro atoms. The third-order valence-electron chi connectivity index (χ3n) is 5.40. The van der Waals surface area contributed by atoms with E-state index < -0.39 is 0 Å². The van der Waals surface area contributed by atoms with Gasteiger partial charge in [0.1, 0.15) is 5.69 Å². The molecule has 0 bridgehead atoms. The Morgan fingerprint density at radius 2 is 2.24 bits per heavy atom. The Kier molecular flexibility index (Phi) is 3.18. The number of likely N-dealkylation sites (tertiary alicyclic amines) is 1. The average molecular weight is 337 g/mol. The van der Waals surface area contributed by atoms with Crippen LogP contribution in [0.15, 0.2) is 30.5 Å². The van der Waals surface area contributed by atoms with E-state index in [2.05, 4.69) is 15.3 Å². The third-order valence-corrected chi connectivity index (χ3v) is 5.40. The fraction of sp³-hybridized carbons (Fsp3) is 0.389. The highest BCUT2D eigenvalue weighted by Crippen LogP contribution is 2.31. The number of H-pyrrole nitrogens is 1. The zero-order chi connectivity index (χ0) is 17.0. The van der Waals surface area contributed by atoms with Crippen LogP contribution in [0.25, 0.3) is 10.9 Å².